The fraction of sp³-hybridized carbons (Fsp3) is 0.235. The van der Waals surface area contributed by atoms with Crippen molar-refractivity contribution >= 4 is 34.1 Å². The first-order valence-electron chi connectivity index (χ1n) is 7.94. The lowest BCUT2D eigenvalue weighted by atomic mass is 10.2. The molecule has 0 fully saturated rings. The second kappa shape index (κ2) is 7.38. The fourth-order valence-corrected chi connectivity index (χ4v) is 4.02. The van der Waals surface area contributed by atoms with Crippen LogP contribution in [0, 0.1) is 0 Å². The van der Waals surface area contributed by atoms with Crippen molar-refractivity contribution in [2.45, 2.75) is 23.3 Å². The van der Waals surface area contributed by atoms with Gasteiger partial charge in [0.25, 0.3) is 5.91 Å². The van der Waals surface area contributed by atoms with Crippen LogP contribution in [0.4, 0.5) is 5.13 Å². The number of carbonyl (C=O) groups excluding carboxylic acids is 1. The van der Waals surface area contributed by atoms with E-state index >= 15 is 0 Å². The number of rotatable bonds is 6. The second-order valence-electron chi connectivity index (χ2n) is 5.37. The van der Waals surface area contributed by atoms with E-state index in [-0.39, 0.29) is 12.7 Å². The molecule has 1 N–H and O–H groups in total. The first kappa shape index (κ1) is 16.9. The quantitative estimate of drug-likeness (QED) is 0.638. The van der Waals surface area contributed by atoms with Crippen LogP contribution in [0.5, 0.6) is 11.5 Å². The summed E-state index contributed by atoms with van der Waals surface area (Å²) >= 11 is 2.98. The smallest absolute Gasteiger partial charge is 0.257 e. The molecule has 0 aliphatic carbocycles. The van der Waals surface area contributed by atoms with Gasteiger partial charge in [0.05, 0.1) is 22.4 Å². The summed E-state index contributed by atoms with van der Waals surface area (Å²) in [5, 5.41) is 3.34. The molecule has 3 aromatic rings. The molecule has 0 saturated heterocycles. The van der Waals surface area contributed by atoms with Crippen molar-refractivity contribution in [1.82, 2.24) is 9.97 Å². The van der Waals surface area contributed by atoms with Crippen LogP contribution >= 0.6 is 23.1 Å². The third-order valence-corrected chi connectivity index (χ3v) is 5.72. The van der Waals surface area contributed by atoms with Gasteiger partial charge in [-0.15, -0.1) is 11.8 Å². The minimum absolute atomic E-state index is 0.178. The molecule has 0 saturated carbocycles. The number of thioether (sulfide) groups is 1. The minimum atomic E-state index is -0.241. The minimum Gasteiger partial charge on any atom is -0.454 e. The number of fused-ring (bicyclic) bond motifs is 1. The van der Waals surface area contributed by atoms with Gasteiger partial charge in [-0.25, -0.2) is 9.97 Å². The highest BCUT2D eigenvalue weighted by molar-refractivity contribution is 8.00. The number of oxazole rings is 1. The second-order valence-corrected chi connectivity index (χ2v) is 7.68. The summed E-state index contributed by atoms with van der Waals surface area (Å²) in [6, 6.07) is 5.08. The molecule has 134 valence electrons. The van der Waals surface area contributed by atoms with Crippen LogP contribution in [0.25, 0.3) is 0 Å². The van der Waals surface area contributed by atoms with Crippen molar-refractivity contribution in [3.05, 3.63) is 47.8 Å². The number of carbonyl (C=O) groups is 1. The van der Waals surface area contributed by atoms with Gasteiger partial charge in [0.1, 0.15) is 5.76 Å². The van der Waals surface area contributed by atoms with Gasteiger partial charge in [0.15, 0.2) is 16.6 Å². The van der Waals surface area contributed by atoms with Crippen molar-refractivity contribution in [3.8, 4) is 11.5 Å². The van der Waals surface area contributed by atoms with Crippen LogP contribution in [0.1, 0.15) is 28.9 Å². The summed E-state index contributed by atoms with van der Waals surface area (Å²) < 4.78 is 17.1. The number of aromatic nitrogens is 2. The fourth-order valence-electron chi connectivity index (χ4n) is 2.30. The van der Waals surface area contributed by atoms with E-state index in [0.29, 0.717) is 33.8 Å². The molecule has 1 amide bonds. The zero-order chi connectivity index (χ0) is 17.9. The molecule has 3 heterocycles. The van der Waals surface area contributed by atoms with E-state index in [2.05, 4.69) is 15.3 Å². The number of amides is 1. The van der Waals surface area contributed by atoms with Gasteiger partial charge in [0.2, 0.25) is 12.7 Å². The zero-order valence-electron chi connectivity index (χ0n) is 13.9. The van der Waals surface area contributed by atoms with Crippen LogP contribution < -0.4 is 14.8 Å². The van der Waals surface area contributed by atoms with Gasteiger partial charge in [-0.1, -0.05) is 18.3 Å². The van der Waals surface area contributed by atoms with Crippen molar-refractivity contribution in [1.29, 1.82) is 0 Å². The molecule has 0 atom stereocenters. The highest BCUT2D eigenvalue weighted by Gasteiger charge is 2.17. The lowest BCUT2D eigenvalue weighted by molar-refractivity contribution is 0.102. The Morgan fingerprint density at radius 2 is 2.15 bits per heavy atom. The predicted molar refractivity (Wildman–Crippen MR) is 98.1 cm³/mol. The first-order chi connectivity index (χ1) is 12.7. The van der Waals surface area contributed by atoms with Gasteiger partial charge >= 0.3 is 0 Å². The Kier molecular flexibility index (Phi) is 4.81. The van der Waals surface area contributed by atoms with Crippen molar-refractivity contribution in [2.24, 2.45) is 0 Å². The Morgan fingerprint density at radius 3 is 3.00 bits per heavy atom. The number of aryl methyl sites for hydroxylation is 1. The van der Waals surface area contributed by atoms with Crippen LogP contribution in [-0.2, 0) is 12.2 Å². The Hall–Kier alpha value is -2.52. The number of thiazole rings is 1. The average molecular weight is 389 g/mol. The maximum Gasteiger partial charge on any atom is 0.257 e. The van der Waals surface area contributed by atoms with E-state index in [1.165, 1.54) is 11.3 Å². The van der Waals surface area contributed by atoms with E-state index in [1.807, 2.05) is 6.92 Å². The molecule has 0 spiro atoms. The van der Waals surface area contributed by atoms with Crippen LogP contribution in [0.3, 0.4) is 0 Å². The number of hydrogen-bond acceptors (Lipinski definition) is 8. The monoisotopic (exact) mass is 389 g/mol. The lowest BCUT2D eigenvalue weighted by Crippen LogP contribution is -2.11. The molecule has 26 heavy (non-hydrogen) atoms. The Balaban J connectivity index is 1.36. The van der Waals surface area contributed by atoms with Gasteiger partial charge < -0.3 is 13.9 Å². The summed E-state index contributed by atoms with van der Waals surface area (Å²) in [5.41, 5.74) is 0.491. The van der Waals surface area contributed by atoms with E-state index in [0.717, 1.165) is 16.4 Å². The summed E-state index contributed by atoms with van der Waals surface area (Å²) in [7, 11) is 0. The zero-order valence-corrected chi connectivity index (χ0v) is 15.5. The molecule has 1 aliphatic rings. The summed E-state index contributed by atoms with van der Waals surface area (Å²) in [5.74, 6) is 3.16. The molecule has 4 rings (SSSR count). The van der Waals surface area contributed by atoms with E-state index < -0.39 is 0 Å². The van der Waals surface area contributed by atoms with Crippen LogP contribution in [0.2, 0.25) is 0 Å². The SMILES string of the molecule is CCc1cnc(CSc2cnc(NC(=O)c3ccc4c(c3)OCO4)s2)o1. The number of ether oxygens (including phenoxy) is 2. The van der Waals surface area contributed by atoms with Gasteiger partial charge in [0, 0.05) is 12.0 Å². The summed E-state index contributed by atoms with van der Waals surface area (Å²) in [6.45, 7) is 2.20. The first-order valence-corrected chi connectivity index (χ1v) is 9.74. The predicted octanol–water partition coefficient (Wildman–Crippen LogP) is 3.97. The molecule has 2 aromatic heterocycles. The van der Waals surface area contributed by atoms with E-state index in [1.54, 1.807) is 42.4 Å². The standard InChI is InChI=1S/C17H15N3O4S2/c1-2-11-6-18-14(24-11)8-25-15-7-19-17(26-15)20-16(21)10-3-4-12-13(5-10)23-9-22-12/h3-7H,2,8-9H2,1H3,(H,19,20,21). The molecule has 0 radical (unpaired) electrons. The summed E-state index contributed by atoms with van der Waals surface area (Å²) in [6.07, 6.45) is 4.31. The van der Waals surface area contributed by atoms with E-state index in [4.69, 9.17) is 13.9 Å². The molecule has 1 aromatic carbocycles. The number of nitrogens with one attached hydrogen (secondary N) is 1. The third-order valence-electron chi connectivity index (χ3n) is 3.63. The molecule has 9 heteroatoms. The van der Waals surface area contributed by atoms with Gasteiger partial charge in [-0.3, -0.25) is 10.1 Å². The van der Waals surface area contributed by atoms with Crippen molar-refractivity contribution < 1.29 is 18.7 Å². The molecule has 0 unspecified atom stereocenters. The largest absolute Gasteiger partial charge is 0.454 e. The highest BCUT2D eigenvalue weighted by atomic mass is 32.2. The molecule has 1 aliphatic heterocycles. The van der Waals surface area contributed by atoms with Crippen molar-refractivity contribution in [3.63, 3.8) is 0 Å². The Labute approximate surface area is 157 Å². The number of hydrogen-bond donors (Lipinski definition) is 1. The topological polar surface area (TPSA) is 86.5 Å². The number of nitrogens with zero attached hydrogens (tertiary/aromatic N) is 2. The number of anilines is 1. The number of benzene rings is 1. The summed E-state index contributed by atoms with van der Waals surface area (Å²) in [4.78, 5) is 20.8. The average Bonchev–Trinajstić information content (AvgIpc) is 3.39. The highest BCUT2D eigenvalue weighted by Crippen LogP contribution is 2.33. The van der Waals surface area contributed by atoms with Gasteiger partial charge in [-0.2, -0.15) is 0 Å². The molecule has 7 nitrogen and oxygen atoms in total. The Bertz CT molecular complexity index is 938. The molecule has 0 bridgehead atoms. The van der Waals surface area contributed by atoms with Crippen LogP contribution in [-0.4, -0.2) is 22.7 Å². The lowest BCUT2D eigenvalue weighted by Gasteiger charge is -2.02. The van der Waals surface area contributed by atoms with Gasteiger partial charge in [-0.05, 0) is 18.2 Å². The third kappa shape index (κ3) is 3.68. The molecular weight excluding hydrogens is 374 g/mol. The normalized spacial score (nSPS) is 12.3. The van der Waals surface area contributed by atoms with Crippen LogP contribution in [0.15, 0.2) is 39.2 Å². The Morgan fingerprint density at radius 1 is 1.27 bits per heavy atom. The molecular formula is C17H15N3O4S2. The van der Waals surface area contributed by atoms with E-state index in [9.17, 15) is 4.79 Å². The van der Waals surface area contributed by atoms with Crippen molar-refractivity contribution in [2.75, 3.05) is 12.1 Å². The maximum atomic E-state index is 12.4. The maximum absolute atomic E-state index is 12.4.